The molecule has 3 rings (SSSR count). The number of aliphatic hydroxyl groups excluding tert-OH is 1. The fourth-order valence-corrected chi connectivity index (χ4v) is 4.16. The summed E-state index contributed by atoms with van der Waals surface area (Å²) in [6.45, 7) is 1.24. The Kier molecular flexibility index (Phi) is 3.45. The average molecular weight is 238 g/mol. The molecule has 2 nitrogen and oxygen atoms in total. The van der Waals surface area contributed by atoms with Crippen molar-refractivity contribution >= 4 is 0 Å². The van der Waals surface area contributed by atoms with Crippen LogP contribution in [0.1, 0.15) is 57.8 Å². The number of ether oxygens (including phenoxy) is 1. The van der Waals surface area contributed by atoms with Crippen molar-refractivity contribution in [2.75, 3.05) is 13.2 Å². The third kappa shape index (κ3) is 2.39. The Morgan fingerprint density at radius 2 is 1.82 bits per heavy atom. The van der Waals surface area contributed by atoms with Gasteiger partial charge in [-0.1, -0.05) is 32.1 Å². The fourth-order valence-electron chi connectivity index (χ4n) is 4.16. The smallest absolute Gasteiger partial charge is 0.0682 e. The molecule has 0 aromatic rings. The Bertz CT molecular complexity index is 256. The third-order valence-corrected chi connectivity index (χ3v) is 5.29. The van der Waals surface area contributed by atoms with Crippen LogP contribution in [0.4, 0.5) is 0 Å². The molecule has 1 saturated heterocycles. The molecule has 17 heavy (non-hydrogen) atoms. The molecule has 1 aliphatic heterocycles. The molecule has 0 aromatic heterocycles. The molecule has 0 bridgehead atoms. The van der Waals surface area contributed by atoms with Crippen molar-refractivity contribution in [1.29, 1.82) is 0 Å². The van der Waals surface area contributed by atoms with E-state index in [1.807, 2.05) is 0 Å². The largest absolute Gasteiger partial charge is 0.396 e. The predicted molar refractivity (Wildman–Crippen MR) is 67.8 cm³/mol. The van der Waals surface area contributed by atoms with Crippen molar-refractivity contribution in [3.63, 3.8) is 0 Å². The molecule has 98 valence electrons. The van der Waals surface area contributed by atoms with Crippen molar-refractivity contribution < 1.29 is 9.84 Å². The minimum atomic E-state index is 0.128. The zero-order chi connectivity index (χ0) is 11.7. The lowest BCUT2D eigenvalue weighted by molar-refractivity contribution is -0.0158. The van der Waals surface area contributed by atoms with Gasteiger partial charge in [-0.05, 0) is 37.5 Å². The topological polar surface area (TPSA) is 29.5 Å². The molecule has 2 atom stereocenters. The van der Waals surface area contributed by atoms with E-state index in [4.69, 9.17) is 4.74 Å². The first kappa shape index (κ1) is 12.0. The van der Waals surface area contributed by atoms with Crippen LogP contribution in [0, 0.1) is 17.3 Å². The van der Waals surface area contributed by atoms with Crippen LogP contribution in [0.2, 0.25) is 0 Å². The van der Waals surface area contributed by atoms with E-state index in [2.05, 4.69) is 0 Å². The first-order valence-corrected chi connectivity index (χ1v) is 7.56. The number of aliphatic hydroxyl groups is 1. The highest BCUT2D eigenvalue weighted by Gasteiger charge is 2.51. The summed E-state index contributed by atoms with van der Waals surface area (Å²) in [5.41, 5.74) is 0.128. The van der Waals surface area contributed by atoms with E-state index in [0.717, 1.165) is 24.9 Å². The lowest BCUT2D eigenvalue weighted by Gasteiger charge is -2.37. The van der Waals surface area contributed by atoms with Gasteiger partial charge in [-0.2, -0.15) is 0 Å². The molecule has 2 aliphatic carbocycles. The summed E-state index contributed by atoms with van der Waals surface area (Å²) in [6.07, 6.45) is 12.4. The first-order chi connectivity index (χ1) is 8.34. The summed E-state index contributed by atoms with van der Waals surface area (Å²) in [7, 11) is 0. The van der Waals surface area contributed by atoms with Crippen LogP contribution in [0.25, 0.3) is 0 Å². The summed E-state index contributed by atoms with van der Waals surface area (Å²) in [5, 5.41) is 9.91. The van der Waals surface area contributed by atoms with E-state index < -0.39 is 0 Å². The molecule has 2 heteroatoms. The summed E-state index contributed by atoms with van der Waals surface area (Å²) in [6, 6.07) is 0. The van der Waals surface area contributed by atoms with Gasteiger partial charge in [0.25, 0.3) is 0 Å². The van der Waals surface area contributed by atoms with Gasteiger partial charge in [0.1, 0.15) is 0 Å². The van der Waals surface area contributed by atoms with Crippen molar-refractivity contribution in [2.45, 2.75) is 63.9 Å². The van der Waals surface area contributed by atoms with E-state index >= 15 is 0 Å². The maximum atomic E-state index is 9.91. The fraction of sp³-hybridized carbons (Fsp3) is 1.00. The van der Waals surface area contributed by atoms with Crippen LogP contribution in [0.15, 0.2) is 0 Å². The number of hydrogen-bond acceptors (Lipinski definition) is 2. The Hall–Kier alpha value is -0.0800. The van der Waals surface area contributed by atoms with Gasteiger partial charge in [0, 0.05) is 12.0 Å². The predicted octanol–water partition coefficient (Wildman–Crippen LogP) is 3.13. The zero-order valence-corrected chi connectivity index (χ0v) is 10.9. The molecule has 1 heterocycles. The van der Waals surface area contributed by atoms with E-state index in [0.29, 0.717) is 12.7 Å². The molecule has 0 radical (unpaired) electrons. The number of hydrogen-bond donors (Lipinski definition) is 1. The highest BCUT2D eigenvalue weighted by Crippen LogP contribution is 2.51. The monoisotopic (exact) mass is 238 g/mol. The first-order valence-electron chi connectivity index (χ1n) is 7.56. The van der Waals surface area contributed by atoms with E-state index in [9.17, 15) is 5.11 Å². The molecule has 0 amide bonds. The normalized spacial score (nSPS) is 39.7. The SMILES string of the molecule is OCC1(CC2CCCCC2)CCOC1C1CC1. The van der Waals surface area contributed by atoms with Crippen LogP contribution >= 0.6 is 0 Å². The van der Waals surface area contributed by atoms with E-state index in [1.54, 1.807) is 0 Å². The third-order valence-electron chi connectivity index (χ3n) is 5.29. The molecular weight excluding hydrogens is 212 g/mol. The van der Waals surface area contributed by atoms with Crippen LogP contribution in [0.5, 0.6) is 0 Å². The zero-order valence-electron chi connectivity index (χ0n) is 10.9. The van der Waals surface area contributed by atoms with Crippen LogP contribution in [-0.4, -0.2) is 24.4 Å². The molecule has 0 spiro atoms. The van der Waals surface area contributed by atoms with Gasteiger partial charge in [0.15, 0.2) is 0 Å². The van der Waals surface area contributed by atoms with Crippen LogP contribution in [0.3, 0.4) is 0 Å². The minimum Gasteiger partial charge on any atom is -0.396 e. The summed E-state index contributed by atoms with van der Waals surface area (Å²) in [4.78, 5) is 0. The van der Waals surface area contributed by atoms with Gasteiger partial charge in [-0.15, -0.1) is 0 Å². The van der Waals surface area contributed by atoms with Gasteiger partial charge in [0.2, 0.25) is 0 Å². The maximum Gasteiger partial charge on any atom is 0.0682 e. The highest BCUT2D eigenvalue weighted by atomic mass is 16.5. The van der Waals surface area contributed by atoms with Crippen molar-refractivity contribution in [3.05, 3.63) is 0 Å². The maximum absolute atomic E-state index is 9.91. The highest BCUT2D eigenvalue weighted by molar-refractivity contribution is 5.00. The summed E-state index contributed by atoms with van der Waals surface area (Å²) < 4.78 is 5.97. The van der Waals surface area contributed by atoms with Crippen molar-refractivity contribution in [1.82, 2.24) is 0 Å². The standard InChI is InChI=1S/C15H26O2/c16-11-15(10-12-4-2-1-3-5-12)8-9-17-14(15)13-6-7-13/h12-14,16H,1-11H2. The second-order valence-electron chi connectivity index (χ2n) is 6.61. The Balaban J connectivity index is 1.67. The average Bonchev–Trinajstić information content (AvgIpc) is 3.13. The molecule has 2 saturated carbocycles. The lowest BCUT2D eigenvalue weighted by Crippen LogP contribution is -2.38. The van der Waals surface area contributed by atoms with E-state index in [1.165, 1.54) is 51.4 Å². The van der Waals surface area contributed by atoms with Crippen molar-refractivity contribution in [3.8, 4) is 0 Å². The molecule has 1 N–H and O–H groups in total. The van der Waals surface area contributed by atoms with Gasteiger partial charge in [-0.3, -0.25) is 0 Å². The van der Waals surface area contributed by atoms with Crippen LogP contribution < -0.4 is 0 Å². The van der Waals surface area contributed by atoms with Gasteiger partial charge in [0.05, 0.1) is 12.7 Å². The second-order valence-corrected chi connectivity index (χ2v) is 6.61. The molecular formula is C15H26O2. The molecule has 0 aromatic carbocycles. The Morgan fingerprint density at radius 3 is 2.47 bits per heavy atom. The van der Waals surface area contributed by atoms with Gasteiger partial charge >= 0.3 is 0 Å². The van der Waals surface area contributed by atoms with E-state index in [-0.39, 0.29) is 5.41 Å². The number of rotatable bonds is 4. The Labute approximate surface area is 105 Å². The van der Waals surface area contributed by atoms with Crippen molar-refractivity contribution in [2.24, 2.45) is 17.3 Å². The Morgan fingerprint density at radius 1 is 1.06 bits per heavy atom. The molecule has 3 fully saturated rings. The van der Waals surface area contributed by atoms with Gasteiger partial charge < -0.3 is 9.84 Å². The van der Waals surface area contributed by atoms with Crippen LogP contribution in [-0.2, 0) is 4.74 Å². The minimum absolute atomic E-state index is 0.128. The lowest BCUT2D eigenvalue weighted by atomic mass is 9.70. The summed E-state index contributed by atoms with van der Waals surface area (Å²) in [5.74, 6) is 1.63. The second kappa shape index (κ2) is 4.89. The van der Waals surface area contributed by atoms with Gasteiger partial charge in [-0.25, -0.2) is 0 Å². The summed E-state index contributed by atoms with van der Waals surface area (Å²) >= 11 is 0. The quantitative estimate of drug-likeness (QED) is 0.815. The molecule has 2 unspecified atom stereocenters. The molecule has 3 aliphatic rings.